The molecule has 0 radical (unpaired) electrons. The van der Waals surface area contributed by atoms with Gasteiger partial charge in [-0.25, -0.2) is 4.98 Å². The van der Waals surface area contributed by atoms with Crippen molar-refractivity contribution in [2.75, 3.05) is 19.0 Å². The highest BCUT2D eigenvalue weighted by Crippen LogP contribution is 2.21. The van der Waals surface area contributed by atoms with Gasteiger partial charge in [0.2, 0.25) is 5.91 Å². The van der Waals surface area contributed by atoms with Crippen molar-refractivity contribution >= 4 is 28.8 Å². The second kappa shape index (κ2) is 8.44. The zero-order chi connectivity index (χ0) is 17.5. The number of carbonyl (C=O) groups excluding carboxylic acids is 2. The fourth-order valence-corrected chi connectivity index (χ4v) is 2.72. The maximum absolute atomic E-state index is 12.3. The molecule has 24 heavy (non-hydrogen) atoms. The first-order valence-electron chi connectivity index (χ1n) is 7.69. The van der Waals surface area contributed by atoms with E-state index in [1.165, 1.54) is 11.3 Å². The van der Waals surface area contributed by atoms with E-state index < -0.39 is 0 Å². The zero-order valence-electron chi connectivity index (χ0n) is 14.0. The van der Waals surface area contributed by atoms with Crippen LogP contribution in [0.3, 0.4) is 0 Å². The van der Waals surface area contributed by atoms with Gasteiger partial charge in [-0.1, -0.05) is 13.0 Å². The van der Waals surface area contributed by atoms with E-state index in [2.05, 4.69) is 10.3 Å². The van der Waals surface area contributed by atoms with E-state index >= 15 is 0 Å². The molecular formula is C17H21N3O3S. The molecule has 0 saturated carbocycles. The van der Waals surface area contributed by atoms with Gasteiger partial charge in [0.05, 0.1) is 6.04 Å². The molecule has 1 aromatic heterocycles. The van der Waals surface area contributed by atoms with Crippen LogP contribution >= 0.6 is 11.3 Å². The molecule has 128 valence electrons. The summed E-state index contributed by atoms with van der Waals surface area (Å²) in [6.07, 6.45) is 2.13. The molecule has 1 heterocycles. The van der Waals surface area contributed by atoms with Crippen molar-refractivity contribution in [1.29, 1.82) is 0 Å². The van der Waals surface area contributed by atoms with Crippen molar-refractivity contribution in [3.05, 3.63) is 40.8 Å². The van der Waals surface area contributed by atoms with Gasteiger partial charge in [0, 0.05) is 36.8 Å². The Morgan fingerprint density at radius 2 is 2.21 bits per heavy atom. The third kappa shape index (κ3) is 4.79. The third-order valence-corrected chi connectivity index (χ3v) is 4.53. The van der Waals surface area contributed by atoms with Gasteiger partial charge in [-0.2, -0.15) is 0 Å². The molecule has 7 heteroatoms. The summed E-state index contributed by atoms with van der Waals surface area (Å²) in [4.78, 5) is 29.5. The van der Waals surface area contributed by atoms with Gasteiger partial charge in [-0.05, 0) is 19.1 Å². The number of aromatic nitrogens is 1. The first-order valence-corrected chi connectivity index (χ1v) is 8.57. The Morgan fingerprint density at radius 3 is 2.88 bits per heavy atom. The van der Waals surface area contributed by atoms with Crippen molar-refractivity contribution in [2.45, 2.75) is 26.3 Å². The Morgan fingerprint density at radius 1 is 1.42 bits per heavy atom. The Kier molecular flexibility index (Phi) is 6.31. The van der Waals surface area contributed by atoms with Crippen LogP contribution in [0.1, 0.15) is 31.3 Å². The summed E-state index contributed by atoms with van der Waals surface area (Å²) in [6, 6.07) is 6.90. The fraction of sp³-hybridized carbons (Fsp3) is 0.353. The average Bonchev–Trinajstić information content (AvgIpc) is 3.13. The number of ether oxygens (including phenoxy) is 1. The van der Waals surface area contributed by atoms with Gasteiger partial charge < -0.3 is 15.0 Å². The molecule has 2 rings (SSSR count). The van der Waals surface area contributed by atoms with Crippen LogP contribution in [0.4, 0.5) is 5.69 Å². The molecule has 2 aromatic rings. The van der Waals surface area contributed by atoms with Gasteiger partial charge in [0.25, 0.3) is 5.91 Å². The van der Waals surface area contributed by atoms with Crippen molar-refractivity contribution < 1.29 is 14.3 Å². The van der Waals surface area contributed by atoms with Crippen molar-refractivity contribution in [3.63, 3.8) is 0 Å². The minimum absolute atomic E-state index is 0.0692. The van der Waals surface area contributed by atoms with E-state index in [1.54, 1.807) is 49.3 Å². The smallest absolute Gasteiger partial charge is 0.260 e. The highest BCUT2D eigenvalue weighted by Gasteiger charge is 2.19. The van der Waals surface area contributed by atoms with Gasteiger partial charge in [-0.3, -0.25) is 9.59 Å². The van der Waals surface area contributed by atoms with Crippen molar-refractivity contribution in [3.8, 4) is 5.75 Å². The number of benzene rings is 1. The number of thiazole rings is 1. The molecule has 1 atom stereocenters. The van der Waals surface area contributed by atoms with Crippen LogP contribution in [-0.4, -0.2) is 35.4 Å². The van der Waals surface area contributed by atoms with E-state index in [0.29, 0.717) is 17.9 Å². The number of nitrogens with zero attached hydrogens (tertiary/aromatic N) is 2. The highest BCUT2D eigenvalue weighted by atomic mass is 32.1. The van der Waals surface area contributed by atoms with E-state index in [-0.39, 0.29) is 24.5 Å². The summed E-state index contributed by atoms with van der Waals surface area (Å²) in [5.74, 6) is 0.327. The maximum atomic E-state index is 12.3. The summed E-state index contributed by atoms with van der Waals surface area (Å²) < 4.78 is 5.55. The lowest BCUT2D eigenvalue weighted by Gasteiger charge is -2.23. The number of nitrogens with one attached hydrogen (secondary N) is 1. The minimum Gasteiger partial charge on any atom is -0.484 e. The van der Waals surface area contributed by atoms with Crippen molar-refractivity contribution in [1.82, 2.24) is 9.88 Å². The number of likely N-dealkylation sites (N-methyl/N-ethyl adjacent to an activating group) is 1. The van der Waals surface area contributed by atoms with Crippen molar-refractivity contribution in [2.24, 2.45) is 0 Å². The van der Waals surface area contributed by atoms with Gasteiger partial charge in [-0.15, -0.1) is 11.3 Å². The molecule has 0 aliphatic heterocycles. The number of amides is 2. The number of hydrogen-bond acceptors (Lipinski definition) is 5. The molecule has 0 aliphatic rings. The lowest BCUT2D eigenvalue weighted by atomic mass is 10.3. The zero-order valence-corrected chi connectivity index (χ0v) is 14.8. The molecule has 0 spiro atoms. The Labute approximate surface area is 145 Å². The van der Waals surface area contributed by atoms with Gasteiger partial charge in [0.15, 0.2) is 6.61 Å². The first-order chi connectivity index (χ1) is 11.5. The molecule has 1 unspecified atom stereocenters. The summed E-state index contributed by atoms with van der Waals surface area (Å²) in [6.45, 7) is 3.64. The largest absolute Gasteiger partial charge is 0.484 e. The van der Waals surface area contributed by atoms with E-state index in [1.807, 2.05) is 12.3 Å². The predicted molar refractivity (Wildman–Crippen MR) is 94.2 cm³/mol. The summed E-state index contributed by atoms with van der Waals surface area (Å²) >= 11 is 1.51. The topological polar surface area (TPSA) is 71.5 Å². The van der Waals surface area contributed by atoms with Gasteiger partial charge >= 0.3 is 0 Å². The first kappa shape index (κ1) is 17.9. The quantitative estimate of drug-likeness (QED) is 0.835. The third-order valence-electron chi connectivity index (χ3n) is 3.58. The molecular weight excluding hydrogens is 326 g/mol. The number of rotatable bonds is 7. The maximum Gasteiger partial charge on any atom is 0.260 e. The molecule has 0 bridgehead atoms. The molecule has 0 fully saturated rings. The molecule has 1 N–H and O–H groups in total. The molecule has 6 nitrogen and oxygen atoms in total. The lowest BCUT2D eigenvalue weighted by Crippen LogP contribution is -2.33. The fourth-order valence-electron chi connectivity index (χ4n) is 1.98. The summed E-state index contributed by atoms with van der Waals surface area (Å²) in [5.41, 5.74) is 0.649. The van der Waals surface area contributed by atoms with E-state index in [4.69, 9.17) is 4.74 Å². The number of carbonyl (C=O) groups is 2. The number of anilines is 1. The molecule has 0 aliphatic carbocycles. The standard InChI is InChI=1S/C17H21N3O3S/c1-4-15(21)19-13-6-5-7-14(10-13)23-11-16(22)20(3)12(2)17-18-8-9-24-17/h5-10,12H,4,11H2,1-3H3,(H,19,21). The van der Waals surface area contributed by atoms with Crippen LogP contribution in [0, 0.1) is 0 Å². The van der Waals surface area contributed by atoms with Crippen LogP contribution in [-0.2, 0) is 9.59 Å². The Balaban J connectivity index is 1.91. The van der Waals surface area contributed by atoms with Crippen LogP contribution in [0.25, 0.3) is 0 Å². The Bertz CT molecular complexity index is 688. The van der Waals surface area contributed by atoms with Crippen LogP contribution in [0.15, 0.2) is 35.8 Å². The second-order valence-corrected chi connectivity index (χ2v) is 6.20. The van der Waals surface area contributed by atoms with Gasteiger partial charge in [0.1, 0.15) is 10.8 Å². The van der Waals surface area contributed by atoms with Crippen LogP contribution < -0.4 is 10.1 Å². The normalized spacial score (nSPS) is 11.6. The monoisotopic (exact) mass is 347 g/mol. The van der Waals surface area contributed by atoms with Crippen LogP contribution in [0.2, 0.25) is 0 Å². The highest BCUT2D eigenvalue weighted by molar-refractivity contribution is 7.09. The average molecular weight is 347 g/mol. The SMILES string of the molecule is CCC(=O)Nc1cccc(OCC(=O)N(C)C(C)c2nccs2)c1. The van der Waals surface area contributed by atoms with Crippen LogP contribution in [0.5, 0.6) is 5.75 Å². The van der Waals surface area contributed by atoms with E-state index in [9.17, 15) is 9.59 Å². The molecule has 0 saturated heterocycles. The summed E-state index contributed by atoms with van der Waals surface area (Å²) in [5, 5.41) is 5.53. The molecule has 2 amide bonds. The summed E-state index contributed by atoms with van der Waals surface area (Å²) in [7, 11) is 1.73. The second-order valence-electron chi connectivity index (χ2n) is 5.27. The minimum atomic E-state index is -0.138. The van der Waals surface area contributed by atoms with E-state index in [0.717, 1.165) is 5.01 Å². The molecule has 1 aromatic carbocycles. The lowest BCUT2D eigenvalue weighted by molar-refractivity contribution is -0.134. The predicted octanol–water partition coefficient (Wildman–Crippen LogP) is 3.09. The Hall–Kier alpha value is -2.41. The number of hydrogen-bond donors (Lipinski definition) is 1.